The van der Waals surface area contributed by atoms with Crippen LogP contribution in [0.1, 0.15) is 33.1 Å². The van der Waals surface area contributed by atoms with Gasteiger partial charge in [0.1, 0.15) is 12.1 Å². The molecule has 2 heterocycles. The number of carbonyl (C=O) groups excluding carboxylic acids is 3. The number of urea groups is 1. The molecule has 0 bridgehead atoms. The Hall–Kier alpha value is -1.79. The summed E-state index contributed by atoms with van der Waals surface area (Å²) in [6.45, 7) is 5.57. The maximum absolute atomic E-state index is 12.8. The first-order valence-corrected chi connectivity index (χ1v) is 7.57. The zero-order valence-corrected chi connectivity index (χ0v) is 12.7. The predicted molar refractivity (Wildman–Crippen MR) is 77.3 cm³/mol. The van der Waals surface area contributed by atoms with Crippen LogP contribution in [0.3, 0.4) is 0 Å². The second-order valence-electron chi connectivity index (χ2n) is 6.06. The lowest BCUT2D eigenvalue weighted by molar-refractivity contribution is -0.142. The first-order valence-electron chi connectivity index (χ1n) is 7.57. The van der Waals surface area contributed by atoms with Crippen molar-refractivity contribution in [2.45, 2.75) is 45.2 Å². The molecule has 0 saturated carbocycles. The van der Waals surface area contributed by atoms with Crippen molar-refractivity contribution in [3.8, 4) is 0 Å². The average molecular weight is 296 g/mol. The van der Waals surface area contributed by atoms with Crippen molar-refractivity contribution in [3.05, 3.63) is 0 Å². The van der Waals surface area contributed by atoms with E-state index < -0.39 is 18.0 Å². The summed E-state index contributed by atoms with van der Waals surface area (Å²) in [6.07, 6.45) is 2.20. The van der Waals surface area contributed by atoms with Gasteiger partial charge < -0.3 is 20.9 Å². The number of primary amides is 1. The minimum atomic E-state index is -0.537. The third kappa shape index (κ3) is 3.11. The normalized spacial score (nSPS) is 24.1. The predicted octanol–water partition coefficient (Wildman–Crippen LogP) is -0.0974. The highest BCUT2D eigenvalue weighted by Gasteiger charge is 2.41. The Bertz CT molecular complexity index is 438. The standard InChI is InChI=1S/C14H24N4O3/c1-9(2)11(18-8-4-6-16-14(18)21)13(20)17-7-3-5-10(17)12(15)19/h9-11H,3-8H2,1-2H3,(H2,15,19)(H,16,21)/t10?,11-/m0/s1. The minimum absolute atomic E-state index is 0.0181. The van der Waals surface area contributed by atoms with Crippen LogP contribution < -0.4 is 11.1 Å². The van der Waals surface area contributed by atoms with E-state index in [2.05, 4.69) is 5.32 Å². The van der Waals surface area contributed by atoms with Crippen molar-refractivity contribution < 1.29 is 14.4 Å². The lowest BCUT2D eigenvalue weighted by Gasteiger charge is -2.38. The van der Waals surface area contributed by atoms with E-state index in [1.807, 2.05) is 13.8 Å². The van der Waals surface area contributed by atoms with Gasteiger partial charge in [0.2, 0.25) is 11.8 Å². The van der Waals surface area contributed by atoms with Crippen LogP contribution in [0.5, 0.6) is 0 Å². The molecule has 4 amide bonds. The van der Waals surface area contributed by atoms with Crippen LogP contribution in [0.25, 0.3) is 0 Å². The van der Waals surface area contributed by atoms with Gasteiger partial charge in [0, 0.05) is 19.6 Å². The number of nitrogens with two attached hydrogens (primary N) is 1. The summed E-state index contributed by atoms with van der Waals surface area (Å²) in [5.74, 6) is -0.648. The lowest BCUT2D eigenvalue weighted by atomic mass is 9.99. The van der Waals surface area contributed by atoms with Crippen molar-refractivity contribution >= 4 is 17.8 Å². The fourth-order valence-corrected chi connectivity index (χ4v) is 3.19. The molecule has 0 aromatic heterocycles. The Balaban J connectivity index is 2.19. The Morgan fingerprint density at radius 2 is 2.00 bits per heavy atom. The van der Waals surface area contributed by atoms with Gasteiger partial charge in [-0.25, -0.2) is 4.79 Å². The van der Waals surface area contributed by atoms with E-state index in [9.17, 15) is 14.4 Å². The summed E-state index contributed by atoms with van der Waals surface area (Å²) in [4.78, 5) is 39.5. The summed E-state index contributed by atoms with van der Waals surface area (Å²) in [5.41, 5.74) is 5.38. The molecule has 1 unspecified atom stereocenters. The molecular formula is C14H24N4O3. The van der Waals surface area contributed by atoms with Gasteiger partial charge in [-0.05, 0) is 25.2 Å². The molecule has 0 radical (unpaired) electrons. The second kappa shape index (κ2) is 6.32. The molecule has 2 saturated heterocycles. The number of nitrogens with zero attached hydrogens (tertiary/aromatic N) is 2. The van der Waals surface area contributed by atoms with Crippen LogP contribution in [-0.4, -0.2) is 59.4 Å². The van der Waals surface area contributed by atoms with E-state index >= 15 is 0 Å². The Morgan fingerprint density at radius 1 is 1.29 bits per heavy atom. The smallest absolute Gasteiger partial charge is 0.318 e. The van der Waals surface area contributed by atoms with Crippen LogP contribution in [0.2, 0.25) is 0 Å². The van der Waals surface area contributed by atoms with Gasteiger partial charge in [0.05, 0.1) is 0 Å². The van der Waals surface area contributed by atoms with Gasteiger partial charge >= 0.3 is 6.03 Å². The topological polar surface area (TPSA) is 95.7 Å². The molecule has 2 fully saturated rings. The molecule has 0 aliphatic carbocycles. The first-order chi connectivity index (χ1) is 9.93. The number of hydrogen-bond donors (Lipinski definition) is 2. The van der Waals surface area contributed by atoms with Crippen molar-refractivity contribution in [2.75, 3.05) is 19.6 Å². The fourth-order valence-electron chi connectivity index (χ4n) is 3.19. The maximum Gasteiger partial charge on any atom is 0.318 e. The van der Waals surface area contributed by atoms with E-state index in [-0.39, 0.29) is 17.9 Å². The number of likely N-dealkylation sites (tertiary alicyclic amines) is 1. The molecule has 2 aliphatic heterocycles. The van der Waals surface area contributed by atoms with Gasteiger partial charge in [-0.3, -0.25) is 9.59 Å². The van der Waals surface area contributed by atoms with Crippen LogP contribution in [-0.2, 0) is 9.59 Å². The molecule has 0 spiro atoms. The molecule has 2 rings (SSSR count). The molecule has 7 nitrogen and oxygen atoms in total. The molecule has 2 atom stereocenters. The molecule has 118 valence electrons. The van der Waals surface area contributed by atoms with Crippen LogP contribution in [0.4, 0.5) is 4.79 Å². The van der Waals surface area contributed by atoms with Gasteiger partial charge in [-0.2, -0.15) is 0 Å². The number of nitrogens with one attached hydrogen (secondary N) is 1. The average Bonchev–Trinajstić information content (AvgIpc) is 2.90. The molecule has 2 aliphatic rings. The van der Waals surface area contributed by atoms with Crippen LogP contribution in [0.15, 0.2) is 0 Å². The van der Waals surface area contributed by atoms with E-state index in [1.165, 1.54) is 0 Å². The van der Waals surface area contributed by atoms with Crippen molar-refractivity contribution in [2.24, 2.45) is 11.7 Å². The number of carbonyl (C=O) groups is 3. The van der Waals surface area contributed by atoms with Gasteiger partial charge in [-0.15, -0.1) is 0 Å². The SMILES string of the molecule is CC(C)[C@@H](C(=O)N1CCCC1C(N)=O)N1CCCNC1=O. The van der Waals surface area contributed by atoms with Gasteiger partial charge in [0.25, 0.3) is 0 Å². The van der Waals surface area contributed by atoms with E-state index in [0.717, 1.165) is 12.8 Å². The summed E-state index contributed by atoms with van der Waals surface area (Å²) < 4.78 is 0. The summed E-state index contributed by atoms with van der Waals surface area (Å²) in [5, 5.41) is 2.77. The third-order valence-corrected chi connectivity index (χ3v) is 4.20. The largest absolute Gasteiger partial charge is 0.368 e. The number of amides is 4. The van der Waals surface area contributed by atoms with E-state index in [0.29, 0.717) is 26.1 Å². The molecule has 3 N–H and O–H groups in total. The first kappa shape index (κ1) is 15.6. The highest BCUT2D eigenvalue weighted by Crippen LogP contribution is 2.23. The zero-order valence-electron chi connectivity index (χ0n) is 12.7. The Kier molecular flexibility index (Phi) is 4.69. The fraction of sp³-hybridized carbons (Fsp3) is 0.786. The zero-order chi connectivity index (χ0) is 15.6. The van der Waals surface area contributed by atoms with E-state index in [1.54, 1.807) is 9.80 Å². The van der Waals surface area contributed by atoms with Crippen molar-refractivity contribution in [1.82, 2.24) is 15.1 Å². The molecule has 0 aromatic rings. The van der Waals surface area contributed by atoms with Gasteiger partial charge in [0.15, 0.2) is 0 Å². The van der Waals surface area contributed by atoms with Crippen molar-refractivity contribution in [3.63, 3.8) is 0 Å². The number of hydrogen-bond acceptors (Lipinski definition) is 3. The van der Waals surface area contributed by atoms with Gasteiger partial charge in [-0.1, -0.05) is 13.8 Å². The third-order valence-electron chi connectivity index (χ3n) is 4.20. The highest BCUT2D eigenvalue weighted by atomic mass is 16.2. The Labute approximate surface area is 124 Å². The molecule has 0 aromatic carbocycles. The second-order valence-corrected chi connectivity index (χ2v) is 6.06. The van der Waals surface area contributed by atoms with Crippen LogP contribution in [0, 0.1) is 5.92 Å². The monoisotopic (exact) mass is 296 g/mol. The number of rotatable bonds is 4. The minimum Gasteiger partial charge on any atom is -0.368 e. The molecule has 7 heteroatoms. The van der Waals surface area contributed by atoms with E-state index in [4.69, 9.17) is 5.73 Å². The summed E-state index contributed by atoms with van der Waals surface area (Å²) in [7, 11) is 0. The summed E-state index contributed by atoms with van der Waals surface area (Å²) in [6, 6.07) is -1.28. The van der Waals surface area contributed by atoms with Crippen molar-refractivity contribution in [1.29, 1.82) is 0 Å². The Morgan fingerprint density at radius 3 is 2.57 bits per heavy atom. The molecule has 21 heavy (non-hydrogen) atoms. The lowest BCUT2D eigenvalue weighted by Crippen LogP contribution is -2.60. The highest BCUT2D eigenvalue weighted by molar-refractivity contribution is 5.92. The summed E-state index contributed by atoms with van der Waals surface area (Å²) >= 11 is 0. The van der Waals surface area contributed by atoms with Crippen LogP contribution >= 0.6 is 0 Å². The quantitative estimate of drug-likeness (QED) is 0.758. The molecular weight excluding hydrogens is 272 g/mol. The maximum atomic E-state index is 12.8.